The van der Waals surface area contributed by atoms with E-state index in [1.165, 1.54) is 5.56 Å². The molecule has 0 spiro atoms. The van der Waals surface area contributed by atoms with Crippen molar-refractivity contribution in [1.82, 2.24) is 9.88 Å². The van der Waals surface area contributed by atoms with Crippen molar-refractivity contribution >= 4 is 5.88 Å². The van der Waals surface area contributed by atoms with E-state index in [0.29, 0.717) is 17.5 Å². The lowest BCUT2D eigenvalue weighted by molar-refractivity contribution is 0.244. The number of rotatable bonds is 3. The van der Waals surface area contributed by atoms with Crippen LogP contribution in [0.4, 0.5) is 5.88 Å². The van der Waals surface area contributed by atoms with E-state index in [2.05, 4.69) is 45.1 Å². The van der Waals surface area contributed by atoms with Gasteiger partial charge in [0.05, 0.1) is 0 Å². The number of nitrogens with zero attached hydrogens (tertiary/aromatic N) is 4. The van der Waals surface area contributed by atoms with E-state index in [-0.39, 0.29) is 5.41 Å². The lowest BCUT2D eigenvalue weighted by Gasteiger charge is -2.34. The van der Waals surface area contributed by atoms with Crippen LogP contribution in [0.5, 0.6) is 0 Å². The van der Waals surface area contributed by atoms with Gasteiger partial charge in [0.15, 0.2) is 0 Å². The molecule has 0 saturated carbocycles. The van der Waals surface area contributed by atoms with E-state index in [9.17, 15) is 5.26 Å². The van der Waals surface area contributed by atoms with Crippen LogP contribution < -0.4 is 4.90 Å². The zero-order valence-corrected chi connectivity index (χ0v) is 14.6. The first kappa shape index (κ1) is 16.5. The van der Waals surface area contributed by atoms with Gasteiger partial charge >= 0.3 is 0 Å². The Bertz CT molecular complexity index is 716. The molecule has 0 radical (unpaired) electrons. The van der Waals surface area contributed by atoms with Gasteiger partial charge < -0.3 is 9.32 Å². The van der Waals surface area contributed by atoms with Crippen LogP contribution in [0.25, 0.3) is 0 Å². The maximum Gasteiger partial charge on any atom is 0.234 e. The van der Waals surface area contributed by atoms with Gasteiger partial charge in [-0.15, -0.1) is 0 Å². The summed E-state index contributed by atoms with van der Waals surface area (Å²) in [6.45, 7) is 10.7. The summed E-state index contributed by atoms with van der Waals surface area (Å²) >= 11 is 0. The second-order valence-corrected chi connectivity index (χ2v) is 7.28. The number of nitriles is 1. The molecule has 0 atom stereocenters. The highest BCUT2D eigenvalue weighted by molar-refractivity contribution is 5.48. The maximum atomic E-state index is 9.37. The third-order valence-corrected chi connectivity index (χ3v) is 4.27. The minimum atomic E-state index is -0.195. The Morgan fingerprint density at radius 2 is 1.79 bits per heavy atom. The van der Waals surface area contributed by atoms with Crippen LogP contribution in [-0.2, 0) is 12.0 Å². The second kappa shape index (κ2) is 6.66. The molecule has 5 nitrogen and oxygen atoms in total. The van der Waals surface area contributed by atoms with Gasteiger partial charge in [-0.3, -0.25) is 4.90 Å². The van der Waals surface area contributed by atoms with Crippen molar-refractivity contribution in [2.45, 2.75) is 32.7 Å². The van der Waals surface area contributed by atoms with Gasteiger partial charge in [-0.05, 0) is 5.56 Å². The lowest BCUT2D eigenvalue weighted by atomic mass is 9.97. The van der Waals surface area contributed by atoms with Crippen LogP contribution in [-0.4, -0.2) is 36.1 Å². The third-order valence-electron chi connectivity index (χ3n) is 4.27. The number of oxazole rings is 1. The molecular formula is C19H24N4O. The van der Waals surface area contributed by atoms with Crippen molar-refractivity contribution < 1.29 is 4.42 Å². The molecule has 1 aliphatic heterocycles. The van der Waals surface area contributed by atoms with Crippen molar-refractivity contribution in [3.8, 4) is 6.07 Å². The number of benzene rings is 1. The van der Waals surface area contributed by atoms with Gasteiger partial charge in [0.25, 0.3) is 0 Å². The van der Waals surface area contributed by atoms with Crippen LogP contribution in [0.1, 0.15) is 37.9 Å². The summed E-state index contributed by atoms with van der Waals surface area (Å²) in [7, 11) is 0. The standard InChI is InChI=1S/C19H24N4O/c1-19(2,3)18-21-16(13-20)17(24-18)23-11-9-22(10-12-23)14-15-7-5-4-6-8-15/h4-8H,9-12,14H2,1-3H3. The van der Waals surface area contributed by atoms with Crippen LogP contribution >= 0.6 is 0 Å². The molecule has 1 fully saturated rings. The van der Waals surface area contributed by atoms with Crippen molar-refractivity contribution in [3.63, 3.8) is 0 Å². The molecule has 126 valence electrons. The van der Waals surface area contributed by atoms with Crippen LogP contribution in [0.2, 0.25) is 0 Å². The minimum absolute atomic E-state index is 0.195. The van der Waals surface area contributed by atoms with Crippen molar-refractivity contribution in [2.75, 3.05) is 31.1 Å². The van der Waals surface area contributed by atoms with E-state index in [1.54, 1.807) is 0 Å². The molecule has 2 heterocycles. The Kier molecular flexibility index (Phi) is 4.59. The molecule has 3 rings (SSSR count). The van der Waals surface area contributed by atoms with Gasteiger partial charge in [-0.1, -0.05) is 51.1 Å². The maximum absolute atomic E-state index is 9.37. The summed E-state index contributed by atoms with van der Waals surface area (Å²) < 4.78 is 5.94. The predicted molar refractivity (Wildman–Crippen MR) is 93.9 cm³/mol. The first-order valence-corrected chi connectivity index (χ1v) is 8.40. The fourth-order valence-corrected chi connectivity index (χ4v) is 2.87. The predicted octanol–water partition coefficient (Wildman–Crippen LogP) is 3.17. The molecule has 0 aliphatic carbocycles. The number of anilines is 1. The molecule has 0 bridgehead atoms. The number of aromatic nitrogens is 1. The second-order valence-electron chi connectivity index (χ2n) is 7.28. The molecule has 1 aromatic heterocycles. The topological polar surface area (TPSA) is 56.3 Å². The monoisotopic (exact) mass is 324 g/mol. The summed E-state index contributed by atoms with van der Waals surface area (Å²) in [5.74, 6) is 1.25. The Hall–Kier alpha value is -2.32. The molecule has 0 unspecified atom stereocenters. The van der Waals surface area contributed by atoms with E-state index in [4.69, 9.17) is 4.42 Å². The Labute approximate surface area is 143 Å². The van der Waals surface area contributed by atoms with Gasteiger partial charge in [0, 0.05) is 38.1 Å². The van der Waals surface area contributed by atoms with Gasteiger partial charge in [-0.2, -0.15) is 10.2 Å². The molecule has 24 heavy (non-hydrogen) atoms. The fraction of sp³-hybridized carbons (Fsp3) is 0.474. The van der Waals surface area contributed by atoms with Crippen LogP contribution in [0.15, 0.2) is 34.7 Å². The first-order valence-electron chi connectivity index (χ1n) is 8.40. The van der Waals surface area contributed by atoms with E-state index in [1.807, 2.05) is 26.8 Å². The van der Waals surface area contributed by atoms with Crippen molar-refractivity contribution in [2.24, 2.45) is 0 Å². The van der Waals surface area contributed by atoms with Gasteiger partial charge in [0.2, 0.25) is 17.5 Å². The summed E-state index contributed by atoms with van der Waals surface area (Å²) in [4.78, 5) is 8.95. The molecular weight excluding hydrogens is 300 g/mol. The lowest BCUT2D eigenvalue weighted by Crippen LogP contribution is -2.46. The normalized spacial score (nSPS) is 16.2. The highest BCUT2D eigenvalue weighted by atomic mass is 16.4. The first-order chi connectivity index (χ1) is 11.5. The van der Waals surface area contributed by atoms with Gasteiger partial charge in [-0.25, -0.2) is 0 Å². The van der Waals surface area contributed by atoms with Crippen molar-refractivity contribution in [1.29, 1.82) is 5.26 Å². The highest BCUT2D eigenvalue weighted by Gasteiger charge is 2.28. The van der Waals surface area contributed by atoms with Crippen molar-refractivity contribution in [3.05, 3.63) is 47.5 Å². The Morgan fingerprint density at radius 1 is 1.12 bits per heavy atom. The molecule has 1 aromatic carbocycles. The average molecular weight is 324 g/mol. The van der Waals surface area contributed by atoms with E-state index >= 15 is 0 Å². The van der Waals surface area contributed by atoms with E-state index in [0.717, 1.165) is 32.7 Å². The molecule has 0 N–H and O–H groups in total. The SMILES string of the molecule is CC(C)(C)c1nc(C#N)c(N2CCN(Cc3ccccc3)CC2)o1. The zero-order chi connectivity index (χ0) is 17.2. The Balaban J connectivity index is 1.67. The molecule has 0 amide bonds. The van der Waals surface area contributed by atoms with Crippen LogP contribution in [0.3, 0.4) is 0 Å². The molecule has 1 aliphatic rings. The average Bonchev–Trinajstić information content (AvgIpc) is 3.01. The summed E-state index contributed by atoms with van der Waals surface area (Å²) in [6, 6.07) is 12.7. The summed E-state index contributed by atoms with van der Waals surface area (Å²) in [6.07, 6.45) is 0. The minimum Gasteiger partial charge on any atom is -0.423 e. The number of hydrogen-bond donors (Lipinski definition) is 0. The quantitative estimate of drug-likeness (QED) is 0.868. The number of piperazine rings is 1. The molecule has 1 saturated heterocycles. The highest BCUT2D eigenvalue weighted by Crippen LogP contribution is 2.29. The smallest absolute Gasteiger partial charge is 0.234 e. The van der Waals surface area contributed by atoms with E-state index < -0.39 is 0 Å². The third kappa shape index (κ3) is 3.60. The fourth-order valence-electron chi connectivity index (χ4n) is 2.87. The largest absolute Gasteiger partial charge is 0.423 e. The molecule has 2 aromatic rings. The summed E-state index contributed by atoms with van der Waals surface area (Å²) in [5.41, 5.74) is 1.54. The summed E-state index contributed by atoms with van der Waals surface area (Å²) in [5, 5.41) is 9.37. The van der Waals surface area contributed by atoms with Gasteiger partial charge in [0.1, 0.15) is 6.07 Å². The number of hydrogen-bond acceptors (Lipinski definition) is 5. The zero-order valence-electron chi connectivity index (χ0n) is 14.6. The Morgan fingerprint density at radius 3 is 2.38 bits per heavy atom. The van der Waals surface area contributed by atoms with Crippen LogP contribution in [0, 0.1) is 11.3 Å². The molecule has 5 heteroatoms.